The minimum absolute atomic E-state index is 0. The van der Waals surface area contributed by atoms with E-state index in [1.54, 1.807) is 31.2 Å². The van der Waals surface area contributed by atoms with Gasteiger partial charge in [-0.25, -0.2) is 4.79 Å². The van der Waals surface area contributed by atoms with Crippen LogP contribution >= 0.6 is 12.2 Å². The number of carbonyl (C=O) groups excluding carboxylic acids is 1. The smallest absolute Gasteiger partial charge is 0.651 e. The van der Waals surface area contributed by atoms with Crippen molar-refractivity contribution in [1.29, 1.82) is 5.26 Å². The first-order valence-corrected chi connectivity index (χ1v) is 5.51. The minimum atomic E-state index is -0.726. The Morgan fingerprint density at radius 1 is 1.37 bits per heavy atom. The maximum absolute atomic E-state index is 11.5. The van der Waals surface area contributed by atoms with Crippen molar-refractivity contribution < 1.29 is 39.1 Å². The fraction of sp³-hybridized carbons (Fsp3) is 0.154. The van der Waals surface area contributed by atoms with E-state index < -0.39 is 5.97 Å². The third kappa shape index (κ3) is 5.13. The summed E-state index contributed by atoms with van der Waals surface area (Å²) in [4.78, 5) is 11.9. The average molecular weight is 282 g/mol. The van der Waals surface area contributed by atoms with Gasteiger partial charge in [0.2, 0.25) is 0 Å². The molecule has 0 aliphatic carbocycles. The summed E-state index contributed by atoms with van der Waals surface area (Å²) < 4.78 is 4.56. The summed E-state index contributed by atoms with van der Waals surface area (Å²) in [5.41, 5.74) is 0.717. The summed E-state index contributed by atoms with van der Waals surface area (Å²) in [7, 11) is 1.21. The number of nitriles is 1. The van der Waals surface area contributed by atoms with E-state index in [0.29, 0.717) is 10.6 Å². The first kappa shape index (κ1) is 17.8. The van der Waals surface area contributed by atoms with Crippen LogP contribution in [0, 0.1) is 11.3 Å². The summed E-state index contributed by atoms with van der Waals surface area (Å²) >= 11 is 4.90. The van der Waals surface area contributed by atoms with E-state index in [4.69, 9.17) is 17.5 Å². The molecule has 1 aromatic rings. The van der Waals surface area contributed by atoms with E-state index in [0.717, 1.165) is 0 Å². The van der Waals surface area contributed by atoms with E-state index in [-0.39, 0.29) is 40.8 Å². The van der Waals surface area contributed by atoms with E-state index in [2.05, 4.69) is 10.1 Å². The zero-order valence-corrected chi connectivity index (χ0v) is 13.8. The predicted octanol–water partition coefficient (Wildman–Crippen LogP) is -0.181. The monoisotopic (exact) mass is 282 g/mol. The Balaban J connectivity index is 0.00000324. The number of methoxy groups -OCH3 is 1. The van der Waals surface area contributed by atoms with Crippen molar-refractivity contribution in [3.8, 4) is 6.07 Å². The summed E-state index contributed by atoms with van der Waals surface area (Å²) in [6.45, 7) is 1.62. The molecule has 0 atom stereocenters. The predicted molar refractivity (Wildman–Crippen MR) is 72.6 cm³/mol. The Bertz CT molecular complexity index is 535. The van der Waals surface area contributed by atoms with Crippen molar-refractivity contribution in [3.05, 3.63) is 46.8 Å². The van der Waals surface area contributed by atoms with E-state index in [9.17, 15) is 4.79 Å². The summed E-state index contributed by atoms with van der Waals surface area (Å²) in [6, 6.07) is 10.7. The van der Waals surface area contributed by atoms with Crippen LogP contribution in [0.3, 0.4) is 0 Å². The molecule has 0 radical (unpaired) electrons. The van der Waals surface area contributed by atoms with Gasteiger partial charge in [0.25, 0.3) is 0 Å². The Hall–Kier alpha value is -1.19. The van der Waals surface area contributed by atoms with E-state index in [1.807, 2.05) is 12.1 Å². The molecule has 0 bridgehead atoms. The topological polar surface area (TPSA) is 64.2 Å². The molecule has 0 saturated heterocycles. The number of carbonyl (C=O) groups is 1. The largest absolute Gasteiger partial charge is 1.00 e. The van der Waals surface area contributed by atoms with Crippen molar-refractivity contribution in [2.75, 3.05) is 7.11 Å². The van der Waals surface area contributed by atoms with Crippen LogP contribution in [-0.2, 0) is 9.53 Å². The molecule has 0 fully saturated rings. The van der Waals surface area contributed by atoms with Gasteiger partial charge in [-0.3, -0.25) is 0 Å². The van der Waals surface area contributed by atoms with Crippen molar-refractivity contribution in [2.45, 2.75) is 6.92 Å². The fourth-order valence-corrected chi connectivity index (χ4v) is 1.41. The molecule has 0 heterocycles. The van der Waals surface area contributed by atoms with Gasteiger partial charge in [-0.2, -0.15) is 5.26 Å². The number of hydrogen-bond donors (Lipinski definition) is 0. The normalized spacial score (nSPS) is 10.4. The van der Waals surface area contributed by atoms with Gasteiger partial charge in [-0.05, 0) is 5.56 Å². The maximum Gasteiger partial charge on any atom is 1.00 e. The number of rotatable bonds is 3. The molecule has 0 unspecified atom stereocenters. The molecule has 4 nitrogen and oxygen atoms in total. The van der Waals surface area contributed by atoms with Crippen molar-refractivity contribution >= 4 is 28.9 Å². The second-order valence-electron chi connectivity index (χ2n) is 3.32. The summed E-state index contributed by atoms with van der Waals surface area (Å²) in [5.74, 6) is -0.726. The summed E-state index contributed by atoms with van der Waals surface area (Å²) in [5, 5.41) is 13.1. The standard InChI is InChI=1S/C13H12N2O2S.Na/c1-9(18)15-12(10-6-4-3-5-7-10)11(8-14)13(16)17-2;/h3-7H,1-2H3,(H,15,16,18);/q;+1/p-1. The number of ether oxygens (including phenoxy) is 1. The second kappa shape index (κ2) is 8.83. The van der Waals surface area contributed by atoms with Gasteiger partial charge in [0, 0.05) is 0 Å². The number of nitrogens with zero attached hydrogens (tertiary/aromatic N) is 2. The van der Waals surface area contributed by atoms with Crippen LogP contribution in [0.5, 0.6) is 0 Å². The minimum Gasteiger partial charge on any atom is -0.651 e. The molecular formula is C13H11N2NaO2S. The van der Waals surface area contributed by atoms with Gasteiger partial charge in [-0.1, -0.05) is 42.2 Å². The molecule has 0 aliphatic rings. The third-order valence-electron chi connectivity index (χ3n) is 2.05. The third-order valence-corrected chi connectivity index (χ3v) is 2.15. The van der Waals surface area contributed by atoms with Gasteiger partial charge < -0.3 is 10.1 Å². The number of hydrogen-bond acceptors (Lipinski definition) is 4. The first-order chi connectivity index (χ1) is 8.60. The molecule has 0 N–H and O–H groups in total. The molecule has 0 aromatic heterocycles. The molecule has 1 rings (SSSR count). The van der Waals surface area contributed by atoms with E-state index in [1.165, 1.54) is 7.11 Å². The van der Waals surface area contributed by atoms with Gasteiger partial charge in [0.15, 0.2) is 0 Å². The Morgan fingerprint density at radius 3 is 2.37 bits per heavy atom. The van der Waals surface area contributed by atoms with Gasteiger partial charge >= 0.3 is 35.5 Å². The van der Waals surface area contributed by atoms with Crippen LogP contribution in [0.15, 0.2) is 35.9 Å². The van der Waals surface area contributed by atoms with Gasteiger partial charge in [0.05, 0.1) is 7.11 Å². The van der Waals surface area contributed by atoms with Crippen LogP contribution in [0.2, 0.25) is 0 Å². The maximum atomic E-state index is 11.5. The van der Waals surface area contributed by atoms with Crippen LogP contribution < -0.4 is 29.6 Å². The molecule has 1 aromatic carbocycles. The molecule has 0 saturated carbocycles. The summed E-state index contributed by atoms with van der Waals surface area (Å²) in [6.07, 6.45) is 0. The Morgan fingerprint density at radius 2 is 1.95 bits per heavy atom. The molecule has 0 amide bonds. The fourth-order valence-electron chi connectivity index (χ4n) is 1.32. The number of benzene rings is 1. The number of thiocarbonyl (C=S) groups is 1. The van der Waals surface area contributed by atoms with Gasteiger partial charge in [0.1, 0.15) is 11.6 Å². The first-order valence-electron chi connectivity index (χ1n) is 5.10. The van der Waals surface area contributed by atoms with E-state index >= 15 is 0 Å². The molecule has 6 heteroatoms. The quantitative estimate of drug-likeness (QED) is 0.254. The molecule has 19 heavy (non-hydrogen) atoms. The molecular weight excluding hydrogens is 271 g/mol. The second-order valence-corrected chi connectivity index (χ2v) is 3.91. The Kier molecular flexibility index (Phi) is 8.28. The SMILES string of the molecule is COC(=O)/C(C#N)=C(\[N-]C(C)=S)c1ccccc1.[Na+]. The zero-order chi connectivity index (χ0) is 13.5. The number of esters is 1. The van der Waals surface area contributed by atoms with Crippen molar-refractivity contribution in [2.24, 2.45) is 0 Å². The van der Waals surface area contributed by atoms with Crippen molar-refractivity contribution in [3.63, 3.8) is 0 Å². The van der Waals surface area contributed by atoms with Gasteiger partial charge in [-0.15, -0.1) is 17.9 Å². The van der Waals surface area contributed by atoms with Crippen LogP contribution in [0.4, 0.5) is 0 Å². The molecule has 0 aliphatic heterocycles. The zero-order valence-electron chi connectivity index (χ0n) is 11.0. The van der Waals surface area contributed by atoms with Crippen LogP contribution in [0.1, 0.15) is 12.5 Å². The Labute approximate surface area is 139 Å². The average Bonchev–Trinajstić information content (AvgIpc) is 2.38. The van der Waals surface area contributed by atoms with Crippen LogP contribution in [-0.4, -0.2) is 18.1 Å². The van der Waals surface area contributed by atoms with Crippen molar-refractivity contribution in [1.82, 2.24) is 0 Å². The van der Waals surface area contributed by atoms with Crippen LogP contribution in [0.25, 0.3) is 11.0 Å². The molecule has 92 valence electrons. The molecule has 0 spiro atoms.